The van der Waals surface area contributed by atoms with Gasteiger partial charge < -0.3 is 4.74 Å². The average Bonchev–Trinajstić information content (AvgIpc) is 2.88. The SMILES string of the molecule is CCC(CC)N(CCBr)Cc1cc(Br)cc2c1OCC2. The van der Waals surface area contributed by atoms with Gasteiger partial charge in [0, 0.05) is 40.9 Å². The lowest BCUT2D eigenvalue weighted by Crippen LogP contribution is -2.35. The van der Waals surface area contributed by atoms with Crippen molar-refractivity contribution < 1.29 is 4.74 Å². The molecule has 2 rings (SSSR count). The van der Waals surface area contributed by atoms with Gasteiger partial charge in [-0.3, -0.25) is 4.90 Å². The van der Waals surface area contributed by atoms with Crippen molar-refractivity contribution in [1.29, 1.82) is 0 Å². The van der Waals surface area contributed by atoms with Crippen LogP contribution in [0.25, 0.3) is 0 Å². The molecular weight excluding hydrogens is 382 g/mol. The van der Waals surface area contributed by atoms with Gasteiger partial charge in [-0.1, -0.05) is 45.7 Å². The van der Waals surface area contributed by atoms with Crippen LogP contribution >= 0.6 is 31.9 Å². The molecule has 2 nitrogen and oxygen atoms in total. The first kappa shape index (κ1) is 16.3. The quantitative estimate of drug-likeness (QED) is 0.607. The van der Waals surface area contributed by atoms with Gasteiger partial charge in [-0.15, -0.1) is 0 Å². The maximum Gasteiger partial charge on any atom is 0.127 e. The van der Waals surface area contributed by atoms with Crippen LogP contribution in [0.3, 0.4) is 0 Å². The van der Waals surface area contributed by atoms with E-state index < -0.39 is 0 Å². The number of nitrogens with zero attached hydrogens (tertiary/aromatic N) is 1. The summed E-state index contributed by atoms with van der Waals surface area (Å²) in [5.74, 6) is 1.12. The zero-order valence-electron chi connectivity index (χ0n) is 12.3. The molecule has 1 heterocycles. The number of fused-ring (bicyclic) bond motifs is 1. The second kappa shape index (κ2) is 7.81. The summed E-state index contributed by atoms with van der Waals surface area (Å²) in [6, 6.07) is 5.05. The van der Waals surface area contributed by atoms with Crippen molar-refractivity contribution in [3.8, 4) is 5.75 Å². The minimum absolute atomic E-state index is 0.642. The summed E-state index contributed by atoms with van der Waals surface area (Å²) in [7, 11) is 0. The Labute approximate surface area is 139 Å². The zero-order valence-corrected chi connectivity index (χ0v) is 15.5. The van der Waals surface area contributed by atoms with Crippen molar-refractivity contribution >= 4 is 31.9 Å². The van der Waals surface area contributed by atoms with E-state index in [1.54, 1.807) is 0 Å². The highest BCUT2D eigenvalue weighted by atomic mass is 79.9. The van der Waals surface area contributed by atoms with E-state index in [0.717, 1.165) is 37.2 Å². The van der Waals surface area contributed by atoms with Crippen LogP contribution in [0.5, 0.6) is 5.75 Å². The van der Waals surface area contributed by atoms with Gasteiger partial charge in [0.05, 0.1) is 6.61 Å². The van der Waals surface area contributed by atoms with Crippen LogP contribution in [0.2, 0.25) is 0 Å². The third-order valence-electron chi connectivity index (χ3n) is 4.03. The second-order valence-corrected chi connectivity index (χ2v) is 6.99. The van der Waals surface area contributed by atoms with E-state index in [1.807, 2.05) is 0 Å². The summed E-state index contributed by atoms with van der Waals surface area (Å²) < 4.78 is 7.02. The Morgan fingerprint density at radius 3 is 2.70 bits per heavy atom. The zero-order chi connectivity index (χ0) is 14.5. The Morgan fingerprint density at radius 2 is 2.05 bits per heavy atom. The number of halogens is 2. The fourth-order valence-electron chi connectivity index (χ4n) is 2.99. The highest BCUT2D eigenvalue weighted by molar-refractivity contribution is 9.10. The monoisotopic (exact) mass is 403 g/mol. The largest absolute Gasteiger partial charge is 0.493 e. The van der Waals surface area contributed by atoms with Crippen molar-refractivity contribution in [2.45, 2.75) is 45.7 Å². The lowest BCUT2D eigenvalue weighted by molar-refractivity contribution is 0.186. The first-order chi connectivity index (χ1) is 9.69. The standard InChI is InChI=1S/C16H23Br2NO/c1-3-15(4-2)19(7-6-17)11-13-10-14(18)9-12-5-8-20-16(12)13/h9-10,15H,3-8,11H2,1-2H3. The molecule has 0 saturated carbocycles. The molecule has 0 aromatic heterocycles. The van der Waals surface area contributed by atoms with Gasteiger partial charge in [0.25, 0.3) is 0 Å². The molecule has 1 aromatic rings. The Balaban J connectivity index is 2.22. The number of hydrogen-bond acceptors (Lipinski definition) is 2. The van der Waals surface area contributed by atoms with Gasteiger partial charge in [0.15, 0.2) is 0 Å². The van der Waals surface area contributed by atoms with Gasteiger partial charge in [0.1, 0.15) is 5.75 Å². The number of alkyl halides is 1. The number of rotatable bonds is 7. The Morgan fingerprint density at radius 1 is 1.30 bits per heavy atom. The minimum atomic E-state index is 0.642. The predicted molar refractivity (Wildman–Crippen MR) is 91.9 cm³/mol. The summed E-state index contributed by atoms with van der Waals surface area (Å²) in [4.78, 5) is 2.57. The summed E-state index contributed by atoms with van der Waals surface area (Å²) in [5, 5.41) is 1.01. The molecule has 0 N–H and O–H groups in total. The van der Waals surface area contributed by atoms with Crippen LogP contribution in [0.15, 0.2) is 16.6 Å². The molecule has 0 atom stereocenters. The van der Waals surface area contributed by atoms with E-state index in [1.165, 1.54) is 28.4 Å². The molecule has 0 saturated heterocycles. The fourth-order valence-corrected chi connectivity index (χ4v) is 3.99. The highest BCUT2D eigenvalue weighted by Crippen LogP contribution is 2.34. The second-order valence-electron chi connectivity index (χ2n) is 5.28. The van der Waals surface area contributed by atoms with Gasteiger partial charge >= 0.3 is 0 Å². The lowest BCUT2D eigenvalue weighted by Gasteiger charge is -2.30. The molecular formula is C16H23Br2NO. The lowest BCUT2D eigenvalue weighted by atomic mass is 10.1. The van der Waals surface area contributed by atoms with Crippen molar-refractivity contribution in [3.05, 3.63) is 27.7 Å². The first-order valence-electron chi connectivity index (χ1n) is 7.43. The Kier molecular flexibility index (Phi) is 6.37. The minimum Gasteiger partial charge on any atom is -0.493 e. The third-order valence-corrected chi connectivity index (χ3v) is 4.84. The maximum atomic E-state index is 5.85. The highest BCUT2D eigenvalue weighted by Gasteiger charge is 2.21. The molecule has 1 aliphatic heterocycles. The topological polar surface area (TPSA) is 12.5 Å². The van der Waals surface area contributed by atoms with Gasteiger partial charge in [-0.05, 0) is 30.5 Å². The number of hydrogen-bond donors (Lipinski definition) is 0. The first-order valence-corrected chi connectivity index (χ1v) is 9.35. The molecule has 0 fully saturated rings. The van der Waals surface area contributed by atoms with Crippen LogP contribution in [0.1, 0.15) is 37.8 Å². The normalized spacial score (nSPS) is 13.9. The molecule has 1 aromatic carbocycles. The fraction of sp³-hybridized carbons (Fsp3) is 0.625. The van der Waals surface area contributed by atoms with Crippen molar-refractivity contribution in [3.63, 3.8) is 0 Å². The predicted octanol–water partition coefficient (Wildman–Crippen LogP) is 4.77. The molecule has 20 heavy (non-hydrogen) atoms. The Hall–Kier alpha value is -0.0600. The van der Waals surface area contributed by atoms with Crippen molar-refractivity contribution in [2.75, 3.05) is 18.5 Å². The van der Waals surface area contributed by atoms with E-state index >= 15 is 0 Å². The smallest absolute Gasteiger partial charge is 0.127 e. The van der Waals surface area contributed by atoms with Crippen LogP contribution in [-0.4, -0.2) is 29.4 Å². The van der Waals surface area contributed by atoms with E-state index in [2.05, 4.69) is 62.7 Å². The van der Waals surface area contributed by atoms with E-state index in [-0.39, 0.29) is 0 Å². The molecule has 0 amide bonds. The van der Waals surface area contributed by atoms with Gasteiger partial charge in [-0.25, -0.2) is 0 Å². The summed E-state index contributed by atoms with van der Waals surface area (Å²) in [6.45, 7) is 7.42. The molecule has 0 aliphatic carbocycles. The van der Waals surface area contributed by atoms with Crippen LogP contribution in [-0.2, 0) is 13.0 Å². The van der Waals surface area contributed by atoms with Gasteiger partial charge in [-0.2, -0.15) is 0 Å². The third kappa shape index (κ3) is 3.77. The summed E-state index contributed by atoms with van der Waals surface area (Å²) in [5.41, 5.74) is 2.66. The molecule has 0 bridgehead atoms. The van der Waals surface area contributed by atoms with Crippen LogP contribution in [0, 0.1) is 0 Å². The number of benzene rings is 1. The molecule has 1 aliphatic rings. The van der Waals surface area contributed by atoms with Crippen molar-refractivity contribution in [1.82, 2.24) is 4.90 Å². The maximum absolute atomic E-state index is 5.85. The Bertz CT molecular complexity index is 446. The van der Waals surface area contributed by atoms with Crippen molar-refractivity contribution in [2.24, 2.45) is 0 Å². The van der Waals surface area contributed by atoms with E-state index in [0.29, 0.717) is 6.04 Å². The molecule has 112 valence electrons. The summed E-state index contributed by atoms with van der Waals surface area (Å²) >= 11 is 7.22. The molecule has 0 spiro atoms. The van der Waals surface area contributed by atoms with E-state index in [9.17, 15) is 0 Å². The average molecular weight is 405 g/mol. The van der Waals surface area contributed by atoms with Crippen LogP contribution < -0.4 is 4.74 Å². The summed E-state index contributed by atoms with van der Waals surface area (Å²) in [6.07, 6.45) is 3.42. The van der Waals surface area contributed by atoms with Gasteiger partial charge in [0.2, 0.25) is 0 Å². The molecule has 0 radical (unpaired) electrons. The van der Waals surface area contributed by atoms with Crippen LogP contribution in [0.4, 0.5) is 0 Å². The molecule has 0 unspecified atom stereocenters. The number of ether oxygens (including phenoxy) is 1. The van der Waals surface area contributed by atoms with E-state index in [4.69, 9.17) is 4.74 Å². The molecule has 4 heteroatoms.